The largest absolute Gasteiger partial charge is 0.501 e. The normalized spacial score (nSPS) is 15.3. The average Bonchev–Trinajstić information content (AvgIpc) is 2.30. The SMILES string of the molecule is Nc1cccnc1C(=O)C1=COCCC1. The van der Waals surface area contributed by atoms with Crippen molar-refractivity contribution in [2.75, 3.05) is 12.3 Å². The van der Waals surface area contributed by atoms with Crippen LogP contribution in [-0.4, -0.2) is 17.4 Å². The Morgan fingerprint density at radius 3 is 3.07 bits per heavy atom. The van der Waals surface area contributed by atoms with Gasteiger partial charge >= 0.3 is 0 Å². The Bertz CT molecular complexity index is 413. The number of ketones is 1. The van der Waals surface area contributed by atoms with Crippen molar-refractivity contribution in [1.82, 2.24) is 4.98 Å². The Morgan fingerprint density at radius 2 is 2.40 bits per heavy atom. The molecule has 0 amide bonds. The van der Waals surface area contributed by atoms with Crippen LogP contribution in [-0.2, 0) is 4.74 Å². The van der Waals surface area contributed by atoms with E-state index in [9.17, 15) is 4.79 Å². The van der Waals surface area contributed by atoms with Gasteiger partial charge in [-0.1, -0.05) is 0 Å². The predicted molar refractivity (Wildman–Crippen MR) is 56.2 cm³/mol. The Balaban J connectivity index is 2.28. The number of pyridine rings is 1. The average molecular weight is 204 g/mol. The molecular weight excluding hydrogens is 192 g/mol. The fourth-order valence-electron chi connectivity index (χ4n) is 1.49. The van der Waals surface area contributed by atoms with Crippen LogP contribution in [0.25, 0.3) is 0 Å². The summed E-state index contributed by atoms with van der Waals surface area (Å²) in [6.45, 7) is 0.675. The summed E-state index contributed by atoms with van der Waals surface area (Å²) in [4.78, 5) is 15.9. The summed E-state index contributed by atoms with van der Waals surface area (Å²) < 4.78 is 5.11. The first-order chi connectivity index (χ1) is 7.29. The predicted octanol–water partition coefficient (Wildman–Crippen LogP) is 1.54. The van der Waals surface area contributed by atoms with Gasteiger partial charge in [0.05, 0.1) is 18.6 Å². The highest BCUT2D eigenvalue weighted by Crippen LogP contribution is 2.19. The number of Topliss-reactive ketones (excluding diaryl/α,β-unsaturated/α-hetero) is 1. The van der Waals surface area contributed by atoms with E-state index in [0.717, 1.165) is 12.8 Å². The molecule has 1 aliphatic rings. The van der Waals surface area contributed by atoms with E-state index in [1.165, 1.54) is 6.26 Å². The van der Waals surface area contributed by atoms with Crippen molar-refractivity contribution in [3.05, 3.63) is 35.9 Å². The molecule has 2 rings (SSSR count). The summed E-state index contributed by atoms with van der Waals surface area (Å²) in [5.74, 6) is -0.132. The molecule has 0 saturated heterocycles. The lowest BCUT2D eigenvalue weighted by Gasteiger charge is -2.12. The molecule has 0 atom stereocenters. The summed E-state index contributed by atoms with van der Waals surface area (Å²) in [7, 11) is 0. The summed E-state index contributed by atoms with van der Waals surface area (Å²) in [5.41, 5.74) is 7.05. The molecule has 78 valence electrons. The molecule has 0 aliphatic carbocycles. The summed E-state index contributed by atoms with van der Waals surface area (Å²) in [6, 6.07) is 3.38. The minimum atomic E-state index is -0.132. The van der Waals surface area contributed by atoms with E-state index in [-0.39, 0.29) is 5.78 Å². The van der Waals surface area contributed by atoms with Crippen LogP contribution in [0.1, 0.15) is 23.3 Å². The van der Waals surface area contributed by atoms with Crippen molar-refractivity contribution in [3.8, 4) is 0 Å². The number of nitrogens with zero attached hydrogens (tertiary/aromatic N) is 1. The van der Waals surface area contributed by atoms with Gasteiger partial charge in [-0.2, -0.15) is 0 Å². The summed E-state index contributed by atoms with van der Waals surface area (Å²) in [5, 5.41) is 0. The molecule has 0 spiro atoms. The number of nitrogen functional groups attached to an aromatic ring is 1. The standard InChI is InChI=1S/C11H12N2O2/c12-9-4-1-5-13-10(9)11(14)8-3-2-6-15-7-8/h1,4-5,7H,2-3,6,12H2. The highest BCUT2D eigenvalue weighted by molar-refractivity contribution is 6.10. The van der Waals surface area contributed by atoms with Gasteiger partial charge in [-0.15, -0.1) is 0 Å². The van der Waals surface area contributed by atoms with Crippen LogP contribution in [0.5, 0.6) is 0 Å². The highest BCUT2D eigenvalue weighted by atomic mass is 16.5. The van der Waals surface area contributed by atoms with Crippen LogP contribution < -0.4 is 5.73 Å². The number of hydrogen-bond acceptors (Lipinski definition) is 4. The monoisotopic (exact) mass is 204 g/mol. The van der Waals surface area contributed by atoms with Gasteiger partial charge in [0.15, 0.2) is 0 Å². The maximum atomic E-state index is 11.9. The molecule has 0 aromatic carbocycles. The number of rotatable bonds is 2. The van der Waals surface area contributed by atoms with E-state index < -0.39 is 0 Å². The number of carbonyl (C=O) groups excluding carboxylic acids is 1. The van der Waals surface area contributed by atoms with Gasteiger partial charge in [0, 0.05) is 11.8 Å². The van der Waals surface area contributed by atoms with Crippen molar-refractivity contribution in [2.24, 2.45) is 0 Å². The Kier molecular flexibility index (Phi) is 2.67. The van der Waals surface area contributed by atoms with Gasteiger partial charge in [0.2, 0.25) is 5.78 Å². The fraction of sp³-hybridized carbons (Fsp3) is 0.273. The first kappa shape index (κ1) is 9.71. The van der Waals surface area contributed by atoms with Gasteiger partial charge in [-0.3, -0.25) is 9.78 Å². The van der Waals surface area contributed by atoms with Crippen molar-refractivity contribution in [2.45, 2.75) is 12.8 Å². The van der Waals surface area contributed by atoms with Crippen molar-refractivity contribution in [3.63, 3.8) is 0 Å². The van der Waals surface area contributed by atoms with Crippen LogP contribution >= 0.6 is 0 Å². The third-order valence-corrected chi connectivity index (χ3v) is 2.28. The van der Waals surface area contributed by atoms with Crippen LogP contribution in [0.3, 0.4) is 0 Å². The maximum Gasteiger partial charge on any atom is 0.212 e. The second-order valence-corrected chi connectivity index (χ2v) is 3.39. The molecule has 1 aromatic heterocycles. The molecule has 4 nitrogen and oxygen atoms in total. The summed E-state index contributed by atoms with van der Waals surface area (Å²) >= 11 is 0. The molecular formula is C11H12N2O2. The van der Waals surface area contributed by atoms with Gasteiger partial charge in [-0.05, 0) is 25.0 Å². The molecule has 0 radical (unpaired) electrons. The van der Waals surface area contributed by atoms with E-state index in [2.05, 4.69) is 4.98 Å². The second-order valence-electron chi connectivity index (χ2n) is 3.39. The second kappa shape index (κ2) is 4.13. The van der Waals surface area contributed by atoms with Gasteiger partial charge in [-0.25, -0.2) is 0 Å². The zero-order chi connectivity index (χ0) is 10.7. The van der Waals surface area contributed by atoms with Gasteiger partial charge in [0.1, 0.15) is 5.69 Å². The third kappa shape index (κ3) is 1.98. The fourth-order valence-corrected chi connectivity index (χ4v) is 1.49. The minimum Gasteiger partial charge on any atom is -0.501 e. The van der Waals surface area contributed by atoms with E-state index >= 15 is 0 Å². The van der Waals surface area contributed by atoms with Crippen molar-refractivity contribution >= 4 is 11.5 Å². The molecule has 0 saturated carbocycles. The van der Waals surface area contributed by atoms with Gasteiger partial charge in [0.25, 0.3) is 0 Å². The first-order valence-electron chi connectivity index (χ1n) is 4.85. The number of nitrogens with two attached hydrogens (primary N) is 1. The quantitative estimate of drug-likeness (QED) is 0.742. The highest BCUT2D eigenvalue weighted by Gasteiger charge is 2.18. The maximum absolute atomic E-state index is 11.9. The number of ether oxygens (including phenoxy) is 1. The molecule has 0 fully saturated rings. The number of hydrogen-bond donors (Lipinski definition) is 1. The van der Waals surface area contributed by atoms with Gasteiger partial charge < -0.3 is 10.5 Å². The topological polar surface area (TPSA) is 65.2 Å². The van der Waals surface area contributed by atoms with Crippen LogP contribution in [0.15, 0.2) is 30.2 Å². The van der Waals surface area contributed by atoms with E-state index in [0.29, 0.717) is 23.6 Å². The molecule has 0 unspecified atom stereocenters. The van der Waals surface area contributed by atoms with E-state index in [4.69, 9.17) is 10.5 Å². The van der Waals surface area contributed by atoms with Crippen LogP contribution in [0, 0.1) is 0 Å². The van der Waals surface area contributed by atoms with E-state index in [1.54, 1.807) is 18.3 Å². The Hall–Kier alpha value is -1.84. The molecule has 1 aliphatic heterocycles. The molecule has 1 aromatic rings. The molecule has 2 N–H and O–H groups in total. The Morgan fingerprint density at radius 1 is 1.53 bits per heavy atom. The lowest BCUT2D eigenvalue weighted by atomic mass is 10.0. The number of aromatic nitrogens is 1. The number of allylic oxidation sites excluding steroid dienone is 1. The van der Waals surface area contributed by atoms with Crippen LogP contribution in [0.2, 0.25) is 0 Å². The zero-order valence-electron chi connectivity index (χ0n) is 8.27. The van der Waals surface area contributed by atoms with Crippen molar-refractivity contribution in [1.29, 1.82) is 0 Å². The molecule has 4 heteroatoms. The van der Waals surface area contributed by atoms with Crippen LogP contribution in [0.4, 0.5) is 5.69 Å². The third-order valence-electron chi connectivity index (χ3n) is 2.28. The number of anilines is 1. The molecule has 2 heterocycles. The smallest absolute Gasteiger partial charge is 0.212 e. The zero-order valence-corrected chi connectivity index (χ0v) is 8.27. The first-order valence-corrected chi connectivity index (χ1v) is 4.85. The van der Waals surface area contributed by atoms with E-state index in [1.807, 2.05) is 0 Å². The Labute approximate surface area is 87.8 Å². The summed E-state index contributed by atoms with van der Waals surface area (Å²) in [6.07, 6.45) is 4.67. The number of carbonyl (C=O) groups is 1. The van der Waals surface area contributed by atoms with Crippen molar-refractivity contribution < 1.29 is 9.53 Å². The molecule has 0 bridgehead atoms. The minimum absolute atomic E-state index is 0.132. The molecule has 15 heavy (non-hydrogen) atoms. The lowest BCUT2D eigenvalue weighted by molar-refractivity contribution is 0.101. The lowest BCUT2D eigenvalue weighted by Crippen LogP contribution is -2.12.